The van der Waals surface area contributed by atoms with Gasteiger partial charge in [-0.15, -0.1) is 0 Å². The van der Waals surface area contributed by atoms with Gasteiger partial charge >= 0.3 is 0 Å². The van der Waals surface area contributed by atoms with E-state index in [0.717, 1.165) is 16.6 Å². The van der Waals surface area contributed by atoms with Crippen molar-refractivity contribution < 1.29 is 9.13 Å². The Morgan fingerprint density at radius 3 is 2.70 bits per heavy atom. The number of benzene rings is 2. The number of rotatable bonds is 3. The van der Waals surface area contributed by atoms with Crippen LogP contribution in [0.2, 0.25) is 0 Å². The molecule has 0 aliphatic heterocycles. The van der Waals surface area contributed by atoms with Gasteiger partial charge in [-0.2, -0.15) is 0 Å². The third kappa shape index (κ3) is 2.40. The molecule has 2 N–H and O–H groups in total. The minimum absolute atomic E-state index is 0.0717. The highest BCUT2D eigenvalue weighted by Crippen LogP contribution is 2.25. The van der Waals surface area contributed by atoms with E-state index in [1.54, 1.807) is 12.1 Å². The van der Waals surface area contributed by atoms with Crippen LogP contribution in [0.4, 0.5) is 10.1 Å². The molecule has 0 spiro atoms. The third-order valence-electron chi connectivity index (χ3n) is 3.02. The van der Waals surface area contributed by atoms with E-state index < -0.39 is 5.82 Å². The van der Waals surface area contributed by atoms with Gasteiger partial charge in [-0.25, -0.2) is 9.37 Å². The number of anilines is 1. The topological polar surface area (TPSA) is 48.1 Å². The van der Waals surface area contributed by atoms with Gasteiger partial charge in [0.2, 0.25) is 0 Å². The first-order valence-electron chi connectivity index (χ1n) is 6.25. The van der Waals surface area contributed by atoms with E-state index in [2.05, 4.69) is 4.98 Å². The van der Waals surface area contributed by atoms with E-state index >= 15 is 0 Å². The molecule has 0 saturated heterocycles. The highest BCUT2D eigenvalue weighted by atomic mass is 19.1. The summed E-state index contributed by atoms with van der Waals surface area (Å²) in [6.45, 7) is 0.177. The Morgan fingerprint density at radius 1 is 1.00 bits per heavy atom. The Morgan fingerprint density at radius 2 is 1.85 bits per heavy atom. The molecule has 0 fully saturated rings. The first kappa shape index (κ1) is 12.4. The fourth-order valence-corrected chi connectivity index (χ4v) is 2.01. The van der Waals surface area contributed by atoms with Crippen LogP contribution in [0.3, 0.4) is 0 Å². The monoisotopic (exact) mass is 268 g/mol. The summed E-state index contributed by atoms with van der Waals surface area (Å²) in [5.74, 6) is -0.395. The smallest absolute Gasteiger partial charge is 0.178 e. The Hall–Kier alpha value is -2.62. The van der Waals surface area contributed by atoms with Crippen molar-refractivity contribution in [3.05, 3.63) is 66.1 Å². The van der Waals surface area contributed by atoms with Gasteiger partial charge in [0.25, 0.3) is 0 Å². The molecule has 3 nitrogen and oxygen atoms in total. The number of pyridine rings is 1. The zero-order valence-electron chi connectivity index (χ0n) is 10.7. The van der Waals surface area contributed by atoms with E-state index in [9.17, 15) is 4.39 Å². The standard InChI is InChI=1S/C16H13FN2O/c17-13-5-3-6-14(18)16(13)20-10-12-9-8-11-4-1-2-7-15(11)19-12/h1-9H,10,18H2. The summed E-state index contributed by atoms with van der Waals surface area (Å²) in [5.41, 5.74) is 7.59. The average molecular weight is 268 g/mol. The van der Waals surface area contributed by atoms with Crippen LogP contribution in [0.5, 0.6) is 5.75 Å². The molecule has 0 aliphatic rings. The maximum absolute atomic E-state index is 13.6. The summed E-state index contributed by atoms with van der Waals surface area (Å²) in [6.07, 6.45) is 0. The van der Waals surface area contributed by atoms with Crippen LogP contribution in [-0.4, -0.2) is 4.98 Å². The van der Waals surface area contributed by atoms with Gasteiger partial charge in [0.05, 0.1) is 16.9 Å². The van der Waals surface area contributed by atoms with Crippen molar-refractivity contribution in [1.29, 1.82) is 0 Å². The summed E-state index contributed by atoms with van der Waals surface area (Å²) < 4.78 is 19.0. The van der Waals surface area contributed by atoms with Gasteiger partial charge < -0.3 is 10.5 Å². The number of halogens is 1. The number of fused-ring (bicyclic) bond motifs is 1. The second-order valence-corrected chi connectivity index (χ2v) is 4.44. The summed E-state index contributed by atoms with van der Waals surface area (Å²) in [4.78, 5) is 4.46. The fraction of sp³-hybridized carbons (Fsp3) is 0.0625. The Bertz CT molecular complexity index is 738. The first-order valence-corrected chi connectivity index (χ1v) is 6.25. The van der Waals surface area contributed by atoms with Crippen LogP contribution in [0, 0.1) is 5.82 Å². The molecule has 20 heavy (non-hydrogen) atoms. The molecule has 0 atom stereocenters. The van der Waals surface area contributed by atoms with Gasteiger partial charge in [-0.3, -0.25) is 0 Å². The van der Waals surface area contributed by atoms with Crippen LogP contribution < -0.4 is 10.5 Å². The molecule has 1 heterocycles. The molecule has 0 amide bonds. The molecular weight excluding hydrogens is 255 g/mol. The molecular formula is C16H13FN2O. The molecule has 100 valence electrons. The Labute approximate surface area is 115 Å². The van der Waals surface area contributed by atoms with Crippen molar-refractivity contribution >= 4 is 16.6 Å². The van der Waals surface area contributed by atoms with Crippen molar-refractivity contribution in [1.82, 2.24) is 4.98 Å². The van der Waals surface area contributed by atoms with Gasteiger partial charge in [0, 0.05) is 5.39 Å². The maximum atomic E-state index is 13.6. The van der Waals surface area contributed by atoms with Gasteiger partial charge in [-0.05, 0) is 24.3 Å². The lowest BCUT2D eigenvalue weighted by atomic mass is 10.2. The molecule has 4 heteroatoms. The quantitative estimate of drug-likeness (QED) is 0.739. The third-order valence-corrected chi connectivity index (χ3v) is 3.02. The predicted molar refractivity (Wildman–Crippen MR) is 76.9 cm³/mol. The van der Waals surface area contributed by atoms with E-state index in [1.807, 2.05) is 36.4 Å². The van der Waals surface area contributed by atoms with Crippen LogP contribution in [0.1, 0.15) is 5.69 Å². The van der Waals surface area contributed by atoms with Gasteiger partial charge in [0.15, 0.2) is 11.6 Å². The number of para-hydroxylation sites is 2. The number of ether oxygens (including phenoxy) is 1. The number of hydrogen-bond donors (Lipinski definition) is 1. The van der Waals surface area contributed by atoms with E-state index in [4.69, 9.17) is 10.5 Å². The average Bonchev–Trinajstić information content (AvgIpc) is 2.46. The SMILES string of the molecule is Nc1cccc(F)c1OCc1ccc2ccccc2n1. The number of hydrogen-bond acceptors (Lipinski definition) is 3. The van der Waals surface area contributed by atoms with Crippen molar-refractivity contribution in [2.75, 3.05) is 5.73 Å². The molecule has 3 rings (SSSR count). The zero-order chi connectivity index (χ0) is 13.9. The van der Waals surface area contributed by atoms with Crippen LogP contribution >= 0.6 is 0 Å². The minimum atomic E-state index is -0.467. The largest absolute Gasteiger partial charge is 0.482 e. The summed E-state index contributed by atoms with van der Waals surface area (Å²) in [6, 6.07) is 16.1. The second-order valence-electron chi connectivity index (χ2n) is 4.44. The van der Waals surface area contributed by atoms with E-state index in [-0.39, 0.29) is 18.0 Å². The molecule has 0 radical (unpaired) electrons. The van der Waals surface area contributed by atoms with Crippen LogP contribution in [0.25, 0.3) is 10.9 Å². The fourth-order valence-electron chi connectivity index (χ4n) is 2.01. The lowest BCUT2D eigenvalue weighted by molar-refractivity contribution is 0.288. The van der Waals surface area contributed by atoms with Gasteiger partial charge in [0.1, 0.15) is 6.61 Å². The first-order chi connectivity index (χ1) is 9.74. The zero-order valence-corrected chi connectivity index (χ0v) is 10.7. The van der Waals surface area contributed by atoms with Crippen molar-refractivity contribution in [3.63, 3.8) is 0 Å². The number of nitrogens with two attached hydrogens (primary N) is 1. The number of nitrogen functional groups attached to an aromatic ring is 1. The summed E-state index contributed by atoms with van der Waals surface area (Å²) in [5, 5.41) is 1.06. The highest BCUT2D eigenvalue weighted by molar-refractivity contribution is 5.78. The van der Waals surface area contributed by atoms with Crippen molar-refractivity contribution in [3.8, 4) is 5.75 Å². The molecule has 0 unspecified atom stereocenters. The predicted octanol–water partition coefficient (Wildman–Crippen LogP) is 3.54. The minimum Gasteiger partial charge on any atom is -0.482 e. The molecule has 1 aromatic heterocycles. The highest BCUT2D eigenvalue weighted by Gasteiger charge is 2.08. The van der Waals surface area contributed by atoms with E-state index in [0.29, 0.717) is 0 Å². The maximum Gasteiger partial charge on any atom is 0.178 e. The molecule has 0 bridgehead atoms. The molecule has 0 aliphatic carbocycles. The molecule has 0 saturated carbocycles. The normalized spacial score (nSPS) is 10.7. The van der Waals surface area contributed by atoms with Crippen molar-refractivity contribution in [2.24, 2.45) is 0 Å². The lowest BCUT2D eigenvalue weighted by Gasteiger charge is -2.09. The Kier molecular flexibility index (Phi) is 3.21. The van der Waals surface area contributed by atoms with Crippen LogP contribution in [0.15, 0.2) is 54.6 Å². The Balaban J connectivity index is 1.83. The number of nitrogens with zero attached hydrogens (tertiary/aromatic N) is 1. The van der Waals surface area contributed by atoms with Crippen LogP contribution in [-0.2, 0) is 6.61 Å². The summed E-state index contributed by atoms with van der Waals surface area (Å²) in [7, 11) is 0. The van der Waals surface area contributed by atoms with Gasteiger partial charge in [-0.1, -0.05) is 30.3 Å². The summed E-state index contributed by atoms with van der Waals surface area (Å²) >= 11 is 0. The number of aromatic nitrogens is 1. The molecule has 2 aromatic carbocycles. The van der Waals surface area contributed by atoms with E-state index in [1.165, 1.54) is 6.07 Å². The molecule has 3 aromatic rings. The lowest BCUT2D eigenvalue weighted by Crippen LogP contribution is -2.02. The van der Waals surface area contributed by atoms with Crippen molar-refractivity contribution in [2.45, 2.75) is 6.61 Å². The second kappa shape index (κ2) is 5.17.